The molecule has 0 saturated carbocycles. The minimum Gasteiger partial charge on any atom is -0.493 e. The van der Waals surface area contributed by atoms with Crippen LogP contribution in [0.4, 0.5) is 11.4 Å². The summed E-state index contributed by atoms with van der Waals surface area (Å²) in [4.78, 5) is 12.1. The van der Waals surface area contributed by atoms with Crippen molar-refractivity contribution < 1.29 is 9.53 Å². The van der Waals surface area contributed by atoms with Crippen molar-refractivity contribution in [3.05, 3.63) is 88.9 Å². The highest BCUT2D eigenvalue weighted by atomic mass is 35.5. The van der Waals surface area contributed by atoms with Crippen LogP contribution in [-0.4, -0.2) is 19.1 Å². The Morgan fingerprint density at radius 1 is 0.964 bits per heavy atom. The lowest BCUT2D eigenvalue weighted by atomic mass is 10.2. The molecule has 0 aliphatic rings. The van der Waals surface area contributed by atoms with Gasteiger partial charge in [0.2, 0.25) is 5.91 Å². The molecule has 3 rings (SSSR count). The smallest absolute Gasteiger partial charge is 0.243 e. The molecular weight excluding hydrogens is 372 g/mol. The van der Waals surface area contributed by atoms with Gasteiger partial charge in [-0.05, 0) is 42.3 Å². The van der Waals surface area contributed by atoms with Crippen LogP contribution >= 0.6 is 11.6 Å². The fraction of sp³-hybridized carbons (Fsp3) is 0.174. The molecule has 4 nitrogen and oxygen atoms in total. The first kappa shape index (κ1) is 19.8. The van der Waals surface area contributed by atoms with Gasteiger partial charge in [-0.25, -0.2) is 0 Å². The van der Waals surface area contributed by atoms with Gasteiger partial charge < -0.3 is 15.4 Å². The molecule has 28 heavy (non-hydrogen) atoms. The number of amides is 1. The van der Waals surface area contributed by atoms with Crippen LogP contribution in [0.3, 0.4) is 0 Å². The maximum absolute atomic E-state index is 12.1. The number of ether oxygens (including phenoxy) is 1. The predicted octanol–water partition coefficient (Wildman–Crippen LogP) is 5.32. The zero-order valence-corrected chi connectivity index (χ0v) is 16.5. The van der Waals surface area contributed by atoms with E-state index in [2.05, 4.69) is 22.8 Å². The molecule has 144 valence electrons. The molecule has 0 atom stereocenters. The average molecular weight is 395 g/mol. The van der Waals surface area contributed by atoms with E-state index in [1.54, 1.807) is 6.07 Å². The van der Waals surface area contributed by atoms with Gasteiger partial charge in [0.05, 0.1) is 13.2 Å². The van der Waals surface area contributed by atoms with Gasteiger partial charge in [0.25, 0.3) is 0 Å². The highest BCUT2D eigenvalue weighted by Crippen LogP contribution is 2.20. The zero-order chi connectivity index (χ0) is 19.8. The lowest BCUT2D eigenvalue weighted by Gasteiger charge is -2.11. The minimum absolute atomic E-state index is 0.143. The van der Waals surface area contributed by atoms with Gasteiger partial charge >= 0.3 is 0 Å². The SMILES string of the molecule is Cc1ccc(NC(=O)CNc2cccc(OCCc3ccccc3)c2)cc1Cl. The predicted molar refractivity (Wildman–Crippen MR) is 115 cm³/mol. The summed E-state index contributed by atoms with van der Waals surface area (Å²) in [6, 6.07) is 23.3. The monoisotopic (exact) mass is 394 g/mol. The van der Waals surface area contributed by atoms with Gasteiger partial charge in [0.15, 0.2) is 0 Å². The Kier molecular flexibility index (Phi) is 6.93. The van der Waals surface area contributed by atoms with Gasteiger partial charge in [-0.2, -0.15) is 0 Å². The van der Waals surface area contributed by atoms with E-state index in [0.717, 1.165) is 23.4 Å². The number of nitrogens with one attached hydrogen (secondary N) is 2. The Morgan fingerprint density at radius 3 is 2.57 bits per heavy atom. The molecule has 1 amide bonds. The van der Waals surface area contributed by atoms with E-state index in [0.29, 0.717) is 17.3 Å². The molecule has 0 aliphatic carbocycles. The number of aryl methyl sites for hydroxylation is 1. The summed E-state index contributed by atoms with van der Waals surface area (Å²) in [7, 11) is 0. The molecule has 0 bridgehead atoms. The first-order valence-corrected chi connectivity index (χ1v) is 9.54. The van der Waals surface area contributed by atoms with Crippen molar-refractivity contribution in [3.63, 3.8) is 0 Å². The second-order valence-electron chi connectivity index (χ2n) is 6.48. The molecule has 0 unspecified atom stereocenters. The average Bonchev–Trinajstić information content (AvgIpc) is 2.70. The van der Waals surface area contributed by atoms with Crippen molar-refractivity contribution >= 4 is 28.9 Å². The van der Waals surface area contributed by atoms with Crippen LogP contribution in [0.25, 0.3) is 0 Å². The zero-order valence-electron chi connectivity index (χ0n) is 15.7. The van der Waals surface area contributed by atoms with E-state index in [9.17, 15) is 4.79 Å². The quantitative estimate of drug-likeness (QED) is 0.543. The third-order valence-corrected chi connectivity index (χ3v) is 4.65. The van der Waals surface area contributed by atoms with Gasteiger partial charge in [-0.3, -0.25) is 4.79 Å². The Morgan fingerprint density at radius 2 is 1.79 bits per heavy atom. The van der Waals surface area contributed by atoms with Crippen LogP contribution in [-0.2, 0) is 11.2 Å². The first-order chi connectivity index (χ1) is 13.6. The molecule has 3 aromatic rings. The second kappa shape index (κ2) is 9.81. The van der Waals surface area contributed by atoms with Crippen LogP contribution in [0.15, 0.2) is 72.8 Å². The number of benzene rings is 3. The molecule has 3 aromatic carbocycles. The topological polar surface area (TPSA) is 50.4 Å². The molecule has 0 spiro atoms. The third kappa shape index (κ3) is 6.03. The Labute approximate surface area is 170 Å². The van der Waals surface area contributed by atoms with E-state index in [1.807, 2.05) is 61.5 Å². The maximum atomic E-state index is 12.1. The molecule has 0 radical (unpaired) electrons. The Bertz CT molecular complexity index is 929. The lowest BCUT2D eigenvalue weighted by Crippen LogP contribution is -2.21. The van der Waals surface area contributed by atoms with Gasteiger partial charge in [0, 0.05) is 28.9 Å². The lowest BCUT2D eigenvalue weighted by molar-refractivity contribution is -0.114. The van der Waals surface area contributed by atoms with Crippen LogP contribution in [0.2, 0.25) is 5.02 Å². The second-order valence-corrected chi connectivity index (χ2v) is 6.88. The van der Waals surface area contributed by atoms with Gasteiger partial charge in [0.1, 0.15) is 5.75 Å². The highest BCUT2D eigenvalue weighted by molar-refractivity contribution is 6.31. The molecule has 2 N–H and O–H groups in total. The molecule has 0 saturated heterocycles. The van der Waals surface area contributed by atoms with Crippen LogP contribution < -0.4 is 15.4 Å². The van der Waals surface area contributed by atoms with E-state index >= 15 is 0 Å². The minimum atomic E-state index is -0.143. The van der Waals surface area contributed by atoms with Crippen LogP contribution in [0.5, 0.6) is 5.75 Å². The molecule has 0 heterocycles. The number of rotatable bonds is 8. The van der Waals surface area contributed by atoms with Crippen LogP contribution in [0, 0.1) is 6.92 Å². The summed E-state index contributed by atoms with van der Waals surface area (Å²) in [5, 5.41) is 6.57. The van der Waals surface area contributed by atoms with Crippen molar-refractivity contribution in [2.24, 2.45) is 0 Å². The normalized spacial score (nSPS) is 10.4. The van der Waals surface area contributed by atoms with Crippen molar-refractivity contribution in [1.29, 1.82) is 0 Å². The maximum Gasteiger partial charge on any atom is 0.243 e. The summed E-state index contributed by atoms with van der Waals surface area (Å²) in [6.45, 7) is 2.67. The van der Waals surface area contributed by atoms with E-state index < -0.39 is 0 Å². The number of anilines is 2. The standard InChI is InChI=1S/C23H23ClN2O2/c1-17-10-11-20(15-22(17)24)26-23(27)16-25-19-8-5-9-21(14-19)28-13-12-18-6-3-2-4-7-18/h2-11,14-15,25H,12-13,16H2,1H3,(H,26,27). The van der Waals surface area contributed by atoms with Crippen LogP contribution in [0.1, 0.15) is 11.1 Å². The summed E-state index contributed by atoms with van der Waals surface area (Å²) in [6.07, 6.45) is 0.847. The Balaban J connectivity index is 1.47. The number of halogens is 1. The molecule has 0 fully saturated rings. The number of hydrogen-bond acceptors (Lipinski definition) is 3. The van der Waals surface area contributed by atoms with Crippen molar-refractivity contribution in [2.45, 2.75) is 13.3 Å². The highest BCUT2D eigenvalue weighted by Gasteiger charge is 2.05. The molecule has 0 aromatic heterocycles. The largest absolute Gasteiger partial charge is 0.493 e. The fourth-order valence-corrected chi connectivity index (χ4v) is 2.87. The third-order valence-electron chi connectivity index (χ3n) is 4.24. The van der Waals surface area contributed by atoms with E-state index in [1.165, 1.54) is 5.56 Å². The Hall–Kier alpha value is -2.98. The molecule has 5 heteroatoms. The summed E-state index contributed by atoms with van der Waals surface area (Å²) in [5.41, 5.74) is 3.72. The van der Waals surface area contributed by atoms with E-state index in [-0.39, 0.29) is 12.5 Å². The summed E-state index contributed by atoms with van der Waals surface area (Å²) >= 11 is 6.09. The van der Waals surface area contributed by atoms with E-state index in [4.69, 9.17) is 16.3 Å². The number of carbonyl (C=O) groups is 1. The van der Waals surface area contributed by atoms with Crippen molar-refractivity contribution in [3.8, 4) is 5.75 Å². The summed E-state index contributed by atoms with van der Waals surface area (Å²) in [5.74, 6) is 0.627. The molecule has 0 aliphatic heterocycles. The van der Waals surface area contributed by atoms with Gasteiger partial charge in [-0.15, -0.1) is 0 Å². The van der Waals surface area contributed by atoms with Crippen molar-refractivity contribution in [1.82, 2.24) is 0 Å². The van der Waals surface area contributed by atoms with Gasteiger partial charge in [-0.1, -0.05) is 54.1 Å². The number of carbonyl (C=O) groups excluding carboxylic acids is 1. The summed E-state index contributed by atoms with van der Waals surface area (Å²) < 4.78 is 5.82. The first-order valence-electron chi connectivity index (χ1n) is 9.17. The number of hydrogen-bond donors (Lipinski definition) is 2. The molecular formula is C23H23ClN2O2. The fourth-order valence-electron chi connectivity index (χ4n) is 2.69. The van der Waals surface area contributed by atoms with Crippen molar-refractivity contribution in [2.75, 3.05) is 23.8 Å².